The van der Waals surface area contributed by atoms with E-state index in [1.807, 2.05) is 0 Å². The normalized spacial score (nSPS) is 15.9. The van der Waals surface area contributed by atoms with E-state index < -0.39 is 5.92 Å². The summed E-state index contributed by atoms with van der Waals surface area (Å²) in [5.41, 5.74) is 0.130. The number of hydrogen-bond donors (Lipinski definition) is 1. The van der Waals surface area contributed by atoms with E-state index in [9.17, 15) is 13.6 Å². The van der Waals surface area contributed by atoms with Gasteiger partial charge in [-0.25, -0.2) is 8.78 Å². The van der Waals surface area contributed by atoms with Gasteiger partial charge >= 0.3 is 0 Å². The number of aliphatic hydroxyl groups excluding tert-OH is 1. The van der Waals surface area contributed by atoms with Gasteiger partial charge in [0.15, 0.2) is 0 Å². The van der Waals surface area contributed by atoms with Gasteiger partial charge < -0.3 is 14.7 Å². The minimum absolute atomic E-state index is 0.0916. The summed E-state index contributed by atoms with van der Waals surface area (Å²) in [6.07, 6.45) is 0.260. The third-order valence-electron chi connectivity index (χ3n) is 3.73. The highest BCUT2D eigenvalue weighted by atomic mass is 19.3. The zero-order valence-electron chi connectivity index (χ0n) is 12.4. The van der Waals surface area contributed by atoms with Gasteiger partial charge in [-0.3, -0.25) is 4.79 Å². The molecule has 122 valence electrons. The number of alkyl halides is 2. The maximum atomic E-state index is 14.1. The fraction of sp³-hybridized carbons (Fsp3) is 0.562. The molecule has 1 amide bonds. The smallest absolute Gasteiger partial charge is 0.273 e. The lowest BCUT2D eigenvalue weighted by Gasteiger charge is -2.27. The molecule has 0 bridgehead atoms. The summed E-state index contributed by atoms with van der Waals surface area (Å²) in [5.74, 6) is -3.23. The van der Waals surface area contributed by atoms with Crippen molar-refractivity contribution in [2.24, 2.45) is 0 Å². The summed E-state index contributed by atoms with van der Waals surface area (Å²) >= 11 is 0. The van der Waals surface area contributed by atoms with Gasteiger partial charge in [0.1, 0.15) is 0 Å². The number of amides is 1. The molecule has 4 nitrogen and oxygen atoms in total. The SMILES string of the molecule is O=C(c1cccc(C(F)(F)CCCCO)c1)N1CCOCC1. The van der Waals surface area contributed by atoms with E-state index in [0.29, 0.717) is 32.7 Å². The van der Waals surface area contributed by atoms with Crippen LogP contribution in [0.5, 0.6) is 0 Å². The van der Waals surface area contributed by atoms with Crippen LogP contribution in [0, 0.1) is 0 Å². The summed E-state index contributed by atoms with van der Waals surface area (Å²) < 4.78 is 33.5. The third kappa shape index (κ3) is 4.24. The zero-order chi connectivity index (χ0) is 16.0. The predicted octanol–water partition coefficient (Wildman–Crippen LogP) is 2.41. The zero-order valence-corrected chi connectivity index (χ0v) is 12.4. The third-order valence-corrected chi connectivity index (χ3v) is 3.73. The van der Waals surface area contributed by atoms with E-state index >= 15 is 0 Å². The van der Waals surface area contributed by atoms with Gasteiger partial charge in [-0.15, -0.1) is 0 Å². The molecule has 1 aliphatic heterocycles. The van der Waals surface area contributed by atoms with Crippen LogP contribution < -0.4 is 0 Å². The Balaban J connectivity index is 2.09. The van der Waals surface area contributed by atoms with Crippen molar-refractivity contribution in [2.45, 2.75) is 25.2 Å². The molecule has 0 saturated carbocycles. The fourth-order valence-corrected chi connectivity index (χ4v) is 2.43. The Hall–Kier alpha value is -1.53. The summed E-state index contributed by atoms with van der Waals surface area (Å²) in [7, 11) is 0. The van der Waals surface area contributed by atoms with Crippen LogP contribution in [0.4, 0.5) is 8.78 Å². The van der Waals surface area contributed by atoms with Crippen molar-refractivity contribution in [1.29, 1.82) is 0 Å². The number of nitrogens with zero attached hydrogens (tertiary/aromatic N) is 1. The van der Waals surface area contributed by atoms with E-state index in [1.165, 1.54) is 18.2 Å². The van der Waals surface area contributed by atoms with E-state index in [4.69, 9.17) is 9.84 Å². The summed E-state index contributed by atoms with van der Waals surface area (Å²) in [5, 5.41) is 8.69. The quantitative estimate of drug-likeness (QED) is 0.821. The number of hydrogen-bond acceptors (Lipinski definition) is 3. The summed E-state index contributed by atoms with van der Waals surface area (Å²) in [6, 6.07) is 5.67. The second kappa shape index (κ2) is 7.65. The number of carbonyl (C=O) groups is 1. The topological polar surface area (TPSA) is 49.8 Å². The average molecular weight is 313 g/mol. The van der Waals surface area contributed by atoms with Crippen molar-refractivity contribution < 1.29 is 23.4 Å². The van der Waals surface area contributed by atoms with Gasteiger partial charge in [0.25, 0.3) is 11.8 Å². The molecule has 2 rings (SSSR count). The number of ether oxygens (including phenoxy) is 1. The first-order valence-corrected chi connectivity index (χ1v) is 7.51. The van der Waals surface area contributed by atoms with E-state index in [2.05, 4.69) is 0 Å². The van der Waals surface area contributed by atoms with Crippen LogP contribution in [-0.4, -0.2) is 48.8 Å². The van der Waals surface area contributed by atoms with Gasteiger partial charge in [-0.05, 0) is 25.0 Å². The van der Waals surface area contributed by atoms with Gasteiger partial charge in [0.05, 0.1) is 13.2 Å². The minimum atomic E-state index is -2.99. The molecule has 6 heteroatoms. The van der Waals surface area contributed by atoms with Crippen LogP contribution in [0.2, 0.25) is 0 Å². The van der Waals surface area contributed by atoms with Crippen LogP contribution in [0.3, 0.4) is 0 Å². The van der Waals surface area contributed by atoms with Crippen molar-refractivity contribution in [3.63, 3.8) is 0 Å². The first-order chi connectivity index (χ1) is 10.5. The Kier molecular flexibility index (Phi) is 5.85. The Labute approximate surface area is 128 Å². The lowest BCUT2D eigenvalue weighted by atomic mass is 10.00. The van der Waals surface area contributed by atoms with Crippen LogP contribution in [0.1, 0.15) is 35.2 Å². The lowest BCUT2D eigenvalue weighted by molar-refractivity contribution is -0.0165. The van der Waals surface area contributed by atoms with Crippen LogP contribution in [0.25, 0.3) is 0 Å². The highest BCUT2D eigenvalue weighted by Crippen LogP contribution is 2.33. The predicted molar refractivity (Wildman–Crippen MR) is 78.0 cm³/mol. The maximum Gasteiger partial charge on any atom is 0.273 e. The first-order valence-electron chi connectivity index (χ1n) is 7.51. The molecule has 0 atom stereocenters. The van der Waals surface area contributed by atoms with E-state index in [1.54, 1.807) is 11.0 Å². The van der Waals surface area contributed by atoms with Gasteiger partial charge in [-0.1, -0.05) is 12.1 Å². The molecule has 0 radical (unpaired) electrons. The monoisotopic (exact) mass is 313 g/mol. The van der Waals surface area contributed by atoms with Crippen LogP contribution >= 0.6 is 0 Å². The van der Waals surface area contributed by atoms with Gasteiger partial charge in [0.2, 0.25) is 0 Å². The molecule has 1 saturated heterocycles. The molecule has 22 heavy (non-hydrogen) atoms. The highest BCUT2D eigenvalue weighted by molar-refractivity contribution is 5.94. The minimum Gasteiger partial charge on any atom is -0.396 e. The number of unbranched alkanes of at least 4 members (excludes halogenated alkanes) is 1. The standard InChI is InChI=1S/C16H21F2NO3/c17-16(18,6-1-2-9-20)14-5-3-4-13(12-14)15(21)19-7-10-22-11-8-19/h3-5,12,20H,1-2,6-11H2. The fourth-order valence-electron chi connectivity index (χ4n) is 2.43. The molecule has 1 aliphatic rings. The molecule has 1 aromatic carbocycles. The number of aliphatic hydroxyl groups is 1. The molecule has 0 aromatic heterocycles. The van der Waals surface area contributed by atoms with Crippen molar-refractivity contribution >= 4 is 5.91 Å². The van der Waals surface area contributed by atoms with Crippen molar-refractivity contribution in [3.8, 4) is 0 Å². The lowest BCUT2D eigenvalue weighted by Crippen LogP contribution is -2.40. The summed E-state index contributed by atoms with van der Waals surface area (Å²) in [6.45, 7) is 1.82. The second-order valence-corrected chi connectivity index (χ2v) is 5.37. The van der Waals surface area contributed by atoms with Crippen LogP contribution in [-0.2, 0) is 10.7 Å². The second-order valence-electron chi connectivity index (χ2n) is 5.37. The summed E-state index contributed by atoms with van der Waals surface area (Å²) in [4.78, 5) is 13.9. The number of benzene rings is 1. The molecule has 0 aliphatic carbocycles. The largest absolute Gasteiger partial charge is 0.396 e. The highest BCUT2D eigenvalue weighted by Gasteiger charge is 2.31. The molecular weight excluding hydrogens is 292 g/mol. The average Bonchev–Trinajstić information content (AvgIpc) is 2.55. The van der Waals surface area contributed by atoms with Gasteiger partial charge in [-0.2, -0.15) is 0 Å². The van der Waals surface area contributed by atoms with Gasteiger partial charge in [0, 0.05) is 37.2 Å². The maximum absolute atomic E-state index is 14.1. The number of morpholine rings is 1. The number of halogens is 2. The molecular formula is C16H21F2NO3. The Morgan fingerprint density at radius 3 is 2.68 bits per heavy atom. The molecule has 0 spiro atoms. The Morgan fingerprint density at radius 2 is 2.00 bits per heavy atom. The molecule has 1 heterocycles. The van der Waals surface area contributed by atoms with Crippen molar-refractivity contribution in [1.82, 2.24) is 4.90 Å². The van der Waals surface area contributed by atoms with Crippen LogP contribution in [0.15, 0.2) is 24.3 Å². The molecule has 0 unspecified atom stereocenters. The molecule has 1 aromatic rings. The Morgan fingerprint density at radius 1 is 1.27 bits per heavy atom. The molecule has 1 fully saturated rings. The number of carbonyl (C=O) groups excluding carboxylic acids is 1. The Bertz CT molecular complexity index is 502. The molecule has 1 N–H and O–H groups in total. The van der Waals surface area contributed by atoms with E-state index in [-0.39, 0.29) is 36.5 Å². The first kappa shape index (κ1) is 16.8. The van der Waals surface area contributed by atoms with E-state index in [0.717, 1.165) is 0 Å². The number of rotatable bonds is 6. The van der Waals surface area contributed by atoms with Crippen molar-refractivity contribution in [3.05, 3.63) is 35.4 Å². The van der Waals surface area contributed by atoms with Crippen molar-refractivity contribution in [2.75, 3.05) is 32.9 Å².